The van der Waals surface area contributed by atoms with Gasteiger partial charge in [-0.3, -0.25) is 4.90 Å². The summed E-state index contributed by atoms with van der Waals surface area (Å²) in [5.41, 5.74) is 0.853. The second-order valence-corrected chi connectivity index (χ2v) is 6.90. The van der Waals surface area contributed by atoms with Crippen molar-refractivity contribution in [2.24, 2.45) is 0 Å². The molecule has 2 aromatic rings. The summed E-state index contributed by atoms with van der Waals surface area (Å²) in [5.74, 6) is 2.71. The van der Waals surface area contributed by atoms with E-state index in [2.05, 4.69) is 15.1 Å². The van der Waals surface area contributed by atoms with Crippen LogP contribution in [0.1, 0.15) is 56.4 Å². The number of furan rings is 1. The average Bonchev–Trinajstić information content (AvgIpc) is 3.13. The zero-order valence-electron chi connectivity index (χ0n) is 14.8. The zero-order valence-corrected chi connectivity index (χ0v) is 14.8. The van der Waals surface area contributed by atoms with E-state index in [9.17, 15) is 5.11 Å². The van der Waals surface area contributed by atoms with Crippen LogP contribution in [0.25, 0.3) is 11.5 Å². The molecule has 2 aromatic heterocycles. The van der Waals surface area contributed by atoms with E-state index in [1.54, 1.807) is 0 Å². The molecule has 3 rings (SSSR count). The molecule has 6 nitrogen and oxygen atoms in total. The van der Waals surface area contributed by atoms with Gasteiger partial charge in [0.25, 0.3) is 5.89 Å². The van der Waals surface area contributed by atoms with Crippen LogP contribution in [0.5, 0.6) is 0 Å². The van der Waals surface area contributed by atoms with E-state index in [-0.39, 0.29) is 6.10 Å². The van der Waals surface area contributed by atoms with Gasteiger partial charge in [0.2, 0.25) is 5.89 Å². The summed E-state index contributed by atoms with van der Waals surface area (Å²) in [6, 6.07) is 2.41. The monoisotopic (exact) mass is 333 g/mol. The number of aryl methyl sites for hydroxylation is 2. The molecule has 0 saturated heterocycles. The van der Waals surface area contributed by atoms with Crippen molar-refractivity contribution in [1.29, 1.82) is 0 Å². The van der Waals surface area contributed by atoms with Crippen molar-refractivity contribution >= 4 is 0 Å². The number of nitrogens with zero attached hydrogens (tertiary/aromatic N) is 3. The summed E-state index contributed by atoms with van der Waals surface area (Å²) in [5, 5.41) is 18.2. The highest BCUT2D eigenvalue weighted by molar-refractivity contribution is 5.55. The van der Waals surface area contributed by atoms with Crippen molar-refractivity contribution in [2.45, 2.75) is 71.6 Å². The van der Waals surface area contributed by atoms with Crippen molar-refractivity contribution in [3.8, 4) is 11.5 Å². The Morgan fingerprint density at radius 3 is 2.58 bits per heavy atom. The first kappa shape index (κ1) is 17.2. The second kappa shape index (κ2) is 7.49. The largest absolute Gasteiger partial charge is 0.466 e. The van der Waals surface area contributed by atoms with E-state index in [1.165, 1.54) is 32.1 Å². The van der Waals surface area contributed by atoms with E-state index < -0.39 is 0 Å². The number of aliphatic hydroxyl groups is 1. The Bertz CT molecular complexity index is 656. The molecule has 1 unspecified atom stereocenters. The molecule has 132 valence electrons. The van der Waals surface area contributed by atoms with E-state index >= 15 is 0 Å². The van der Waals surface area contributed by atoms with Crippen LogP contribution in [0, 0.1) is 13.8 Å². The molecule has 0 aliphatic heterocycles. The van der Waals surface area contributed by atoms with Gasteiger partial charge in [0, 0.05) is 12.6 Å². The molecule has 0 bridgehead atoms. The van der Waals surface area contributed by atoms with Crippen molar-refractivity contribution < 1.29 is 13.9 Å². The second-order valence-electron chi connectivity index (χ2n) is 6.90. The van der Waals surface area contributed by atoms with E-state index in [4.69, 9.17) is 8.83 Å². The van der Waals surface area contributed by atoms with Crippen LogP contribution in [-0.4, -0.2) is 38.9 Å². The minimum atomic E-state index is -0.368. The Balaban J connectivity index is 1.73. The molecule has 0 aromatic carbocycles. The number of aromatic nitrogens is 2. The summed E-state index contributed by atoms with van der Waals surface area (Å²) in [4.78, 5) is 2.29. The number of hydrogen-bond donors (Lipinski definition) is 1. The molecule has 1 atom stereocenters. The third-order valence-electron chi connectivity index (χ3n) is 4.67. The molecule has 1 N–H and O–H groups in total. The average molecular weight is 333 g/mol. The molecule has 0 spiro atoms. The highest BCUT2D eigenvalue weighted by atomic mass is 16.4. The summed E-state index contributed by atoms with van der Waals surface area (Å²) < 4.78 is 11.4. The summed E-state index contributed by atoms with van der Waals surface area (Å²) in [6.45, 7) is 6.84. The number of aliphatic hydroxyl groups excluding tert-OH is 1. The summed E-state index contributed by atoms with van der Waals surface area (Å²) in [7, 11) is 0. The third kappa shape index (κ3) is 4.05. The lowest BCUT2D eigenvalue weighted by atomic mass is 9.94. The maximum Gasteiger partial charge on any atom is 0.251 e. The first-order valence-electron chi connectivity index (χ1n) is 8.85. The third-order valence-corrected chi connectivity index (χ3v) is 4.67. The SMILES string of the molecule is Cc1cc(-c2nnc(CN(CC(C)O)C3CCCCC3)o2)c(C)o1. The lowest BCUT2D eigenvalue weighted by Gasteiger charge is -2.34. The predicted molar refractivity (Wildman–Crippen MR) is 90.4 cm³/mol. The van der Waals surface area contributed by atoms with E-state index in [1.807, 2.05) is 26.8 Å². The minimum absolute atomic E-state index is 0.368. The van der Waals surface area contributed by atoms with Gasteiger partial charge >= 0.3 is 0 Å². The van der Waals surface area contributed by atoms with E-state index in [0.29, 0.717) is 30.9 Å². The van der Waals surface area contributed by atoms with Crippen LogP contribution in [0.3, 0.4) is 0 Å². The smallest absolute Gasteiger partial charge is 0.251 e. The van der Waals surface area contributed by atoms with Gasteiger partial charge in [-0.25, -0.2) is 0 Å². The quantitative estimate of drug-likeness (QED) is 0.872. The molecule has 1 saturated carbocycles. The predicted octanol–water partition coefficient (Wildman–Crippen LogP) is 3.46. The molecule has 1 aliphatic rings. The fourth-order valence-electron chi connectivity index (χ4n) is 3.57. The van der Waals surface area contributed by atoms with Crippen molar-refractivity contribution in [1.82, 2.24) is 15.1 Å². The van der Waals surface area contributed by atoms with Crippen LogP contribution < -0.4 is 0 Å². The summed E-state index contributed by atoms with van der Waals surface area (Å²) in [6.07, 6.45) is 5.80. The molecule has 0 amide bonds. The van der Waals surface area contributed by atoms with Gasteiger partial charge in [-0.1, -0.05) is 19.3 Å². The molecule has 24 heavy (non-hydrogen) atoms. The highest BCUT2D eigenvalue weighted by Gasteiger charge is 2.24. The molecule has 6 heteroatoms. The fraction of sp³-hybridized carbons (Fsp3) is 0.667. The topological polar surface area (TPSA) is 75.5 Å². The number of rotatable bonds is 6. The number of hydrogen-bond acceptors (Lipinski definition) is 6. The van der Waals surface area contributed by atoms with Crippen molar-refractivity contribution in [3.63, 3.8) is 0 Å². The zero-order chi connectivity index (χ0) is 17.1. The molecular weight excluding hydrogens is 306 g/mol. The minimum Gasteiger partial charge on any atom is -0.466 e. The Kier molecular flexibility index (Phi) is 5.36. The molecule has 0 radical (unpaired) electrons. The normalized spacial score (nSPS) is 17.5. The van der Waals surface area contributed by atoms with Gasteiger partial charge in [0.15, 0.2) is 0 Å². The highest BCUT2D eigenvalue weighted by Crippen LogP contribution is 2.27. The first-order valence-corrected chi connectivity index (χ1v) is 8.85. The Morgan fingerprint density at radius 2 is 1.96 bits per heavy atom. The van der Waals surface area contributed by atoms with Gasteiger partial charge in [0.1, 0.15) is 11.5 Å². The summed E-state index contributed by atoms with van der Waals surface area (Å²) >= 11 is 0. The Labute approximate surface area is 142 Å². The van der Waals surface area contributed by atoms with Crippen LogP contribution in [0.2, 0.25) is 0 Å². The maximum atomic E-state index is 9.83. The lowest BCUT2D eigenvalue weighted by molar-refractivity contribution is 0.0706. The van der Waals surface area contributed by atoms with Gasteiger partial charge in [0.05, 0.1) is 18.2 Å². The first-order chi connectivity index (χ1) is 11.5. The Hall–Kier alpha value is -1.66. The standard InChI is InChI=1S/C18H27N3O3/c1-12(22)10-21(15-7-5-4-6-8-15)11-17-19-20-18(24-17)16-9-13(2)23-14(16)3/h9,12,15,22H,4-8,10-11H2,1-3H3. The molecule has 1 aliphatic carbocycles. The van der Waals surface area contributed by atoms with E-state index in [0.717, 1.165) is 17.1 Å². The van der Waals surface area contributed by atoms with Crippen LogP contribution >= 0.6 is 0 Å². The maximum absolute atomic E-state index is 9.83. The van der Waals surface area contributed by atoms with Gasteiger partial charge < -0.3 is 13.9 Å². The van der Waals surface area contributed by atoms with Gasteiger partial charge in [-0.2, -0.15) is 0 Å². The molecule has 1 fully saturated rings. The fourth-order valence-corrected chi connectivity index (χ4v) is 3.57. The van der Waals surface area contributed by atoms with Crippen LogP contribution in [0.4, 0.5) is 0 Å². The van der Waals surface area contributed by atoms with Crippen LogP contribution in [0.15, 0.2) is 14.9 Å². The van der Waals surface area contributed by atoms with Crippen molar-refractivity contribution in [3.05, 3.63) is 23.5 Å². The van der Waals surface area contributed by atoms with Crippen molar-refractivity contribution in [2.75, 3.05) is 6.54 Å². The molecule has 2 heterocycles. The van der Waals surface area contributed by atoms with Crippen LogP contribution in [-0.2, 0) is 6.54 Å². The van der Waals surface area contributed by atoms with Gasteiger partial charge in [-0.15, -0.1) is 10.2 Å². The molecular formula is C18H27N3O3. The Morgan fingerprint density at radius 1 is 1.21 bits per heavy atom. The lowest BCUT2D eigenvalue weighted by Crippen LogP contribution is -2.40. The van der Waals surface area contributed by atoms with Gasteiger partial charge in [-0.05, 0) is 39.7 Å².